The molecule has 2 heterocycles. The second-order valence-corrected chi connectivity index (χ2v) is 8.41. The molecule has 14 heteroatoms. The van der Waals surface area contributed by atoms with Gasteiger partial charge in [-0.2, -0.15) is 0 Å². The number of ether oxygens (including phenoxy) is 3. The first-order valence-electron chi connectivity index (χ1n) is 11.0. The van der Waals surface area contributed by atoms with E-state index in [0.717, 1.165) is 18.2 Å². The van der Waals surface area contributed by atoms with Crippen molar-refractivity contribution in [3.63, 3.8) is 0 Å². The number of benzene rings is 2. The molecule has 0 amide bonds. The zero-order chi connectivity index (χ0) is 27.7. The van der Waals surface area contributed by atoms with Gasteiger partial charge in [0.25, 0.3) is 0 Å². The lowest BCUT2D eigenvalue weighted by Gasteiger charge is -2.39. The standard InChI is InChI=1S/C24H22O14/c25-10-4-13(27)11-6-16(23(36-15(11)5-10)9-1-2-12(26)14(28)3-9)37-24-22(34)21(33)20(32)17(38-24)8-35-19(31)7-18(29)30/h1-6,17,20-22,24,32-34H,7-8H2,(H4-,25,26,27,28,29,30)/p+1/t17?,20-,21?,22?,24-/m1/s1. The first kappa shape index (κ1) is 26.7. The minimum atomic E-state index is -1.85. The van der Waals surface area contributed by atoms with Crippen molar-refractivity contribution in [1.82, 2.24) is 0 Å². The molecule has 0 aliphatic carbocycles. The van der Waals surface area contributed by atoms with E-state index in [0.29, 0.717) is 0 Å². The Morgan fingerprint density at radius 1 is 0.895 bits per heavy atom. The van der Waals surface area contributed by atoms with Gasteiger partial charge in [0, 0.05) is 18.2 Å². The van der Waals surface area contributed by atoms with Crippen LogP contribution in [0.25, 0.3) is 22.3 Å². The van der Waals surface area contributed by atoms with Gasteiger partial charge in [-0.05, 0) is 12.1 Å². The lowest BCUT2D eigenvalue weighted by atomic mass is 9.99. The molecule has 1 aliphatic heterocycles. The van der Waals surface area contributed by atoms with E-state index in [4.69, 9.17) is 23.7 Å². The number of aromatic hydroxyl groups is 4. The number of aliphatic carboxylic acids is 1. The molecule has 1 saturated heterocycles. The van der Waals surface area contributed by atoms with Crippen molar-refractivity contribution in [3.8, 4) is 40.1 Å². The molecular weight excluding hydrogens is 512 g/mol. The van der Waals surface area contributed by atoms with E-state index in [-0.39, 0.29) is 33.8 Å². The number of carboxylic acid groups (broad SMARTS) is 1. The smallest absolute Gasteiger partial charge is 0.402 e. The largest absolute Gasteiger partial charge is 0.507 e. The number of aliphatic hydroxyl groups excluding tert-OH is 3. The van der Waals surface area contributed by atoms with Crippen LogP contribution in [0.1, 0.15) is 6.42 Å². The normalized spacial score (nSPS) is 23.2. The zero-order valence-corrected chi connectivity index (χ0v) is 19.3. The molecule has 5 atom stereocenters. The zero-order valence-electron chi connectivity index (χ0n) is 19.3. The highest BCUT2D eigenvalue weighted by molar-refractivity contribution is 5.90. The van der Waals surface area contributed by atoms with Gasteiger partial charge in [0.05, 0.1) is 11.6 Å². The average molecular weight is 535 g/mol. The van der Waals surface area contributed by atoms with Gasteiger partial charge >= 0.3 is 23.3 Å². The summed E-state index contributed by atoms with van der Waals surface area (Å²) in [4.78, 5) is 22.2. The van der Waals surface area contributed by atoms with E-state index in [1.807, 2.05) is 0 Å². The fraction of sp³-hybridized carbons (Fsp3) is 0.292. The predicted molar refractivity (Wildman–Crippen MR) is 123 cm³/mol. The number of hydrogen-bond donors (Lipinski definition) is 8. The van der Waals surface area contributed by atoms with Crippen molar-refractivity contribution in [2.45, 2.75) is 37.1 Å². The average Bonchev–Trinajstić information content (AvgIpc) is 2.84. The summed E-state index contributed by atoms with van der Waals surface area (Å²) in [6, 6.07) is 7.09. The van der Waals surface area contributed by atoms with Crippen LogP contribution in [-0.2, 0) is 19.1 Å². The van der Waals surface area contributed by atoms with Gasteiger partial charge in [-0.25, -0.2) is 4.42 Å². The summed E-state index contributed by atoms with van der Waals surface area (Å²) in [5.41, 5.74) is 0.131. The Hall–Kier alpha value is -4.37. The van der Waals surface area contributed by atoms with Crippen molar-refractivity contribution in [2.24, 2.45) is 0 Å². The van der Waals surface area contributed by atoms with Crippen molar-refractivity contribution < 1.29 is 69.1 Å². The first-order valence-corrected chi connectivity index (χ1v) is 11.0. The molecule has 1 aromatic heterocycles. The summed E-state index contributed by atoms with van der Waals surface area (Å²) in [7, 11) is 0. The summed E-state index contributed by atoms with van der Waals surface area (Å²) in [6.07, 6.45) is -9.55. The Morgan fingerprint density at radius 3 is 2.32 bits per heavy atom. The van der Waals surface area contributed by atoms with E-state index >= 15 is 0 Å². The van der Waals surface area contributed by atoms with E-state index < -0.39 is 72.9 Å². The summed E-state index contributed by atoms with van der Waals surface area (Å²) < 4.78 is 21.8. The van der Waals surface area contributed by atoms with Gasteiger partial charge in [0.15, 0.2) is 11.5 Å². The lowest BCUT2D eigenvalue weighted by molar-refractivity contribution is -0.278. The SMILES string of the molecule is O=C(O)CC(=O)OCC1O[C@@H](Oc2cc3c(O)cc(O)cc3[o+]c2-c2ccc(O)c(O)c2)C(O)C(O)[C@@H]1O. The fourth-order valence-electron chi connectivity index (χ4n) is 3.76. The van der Waals surface area contributed by atoms with Crippen molar-refractivity contribution in [2.75, 3.05) is 6.61 Å². The maximum Gasteiger partial charge on any atom is 0.402 e. The Balaban J connectivity index is 1.70. The fourth-order valence-corrected chi connectivity index (χ4v) is 3.76. The minimum absolute atomic E-state index is 0.0128. The van der Waals surface area contributed by atoms with Crippen molar-refractivity contribution in [1.29, 1.82) is 0 Å². The summed E-state index contributed by atoms with van der Waals surface area (Å²) in [6.45, 7) is -0.683. The van der Waals surface area contributed by atoms with Crippen LogP contribution >= 0.6 is 0 Å². The van der Waals surface area contributed by atoms with Crippen LogP contribution in [-0.4, -0.2) is 90.1 Å². The summed E-state index contributed by atoms with van der Waals surface area (Å²) in [5.74, 6) is -4.59. The van der Waals surface area contributed by atoms with Crippen LogP contribution in [0.4, 0.5) is 0 Å². The van der Waals surface area contributed by atoms with E-state index in [2.05, 4.69) is 0 Å². The highest BCUT2D eigenvalue weighted by Crippen LogP contribution is 2.42. The summed E-state index contributed by atoms with van der Waals surface area (Å²) in [5, 5.41) is 79.6. The molecule has 0 saturated carbocycles. The Bertz CT molecular complexity index is 1370. The number of carbonyl (C=O) groups is 2. The second-order valence-electron chi connectivity index (χ2n) is 8.41. The van der Waals surface area contributed by atoms with E-state index in [1.54, 1.807) is 0 Å². The van der Waals surface area contributed by atoms with Gasteiger partial charge in [-0.3, -0.25) is 9.59 Å². The Labute approximate surface area is 212 Å². The van der Waals surface area contributed by atoms with Crippen LogP contribution in [0.2, 0.25) is 0 Å². The highest BCUT2D eigenvalue weighted by atomic mass is 16.7. The third kappa shape index (κ3) is 5.47. The quantitative estimate of drug-likeness (QED) is 0.0885. The van der Waals surface area contributed by atoms with Gasteiger partial charge in [-0.15, -0.1) is 0 Å². The van der Waals surface area contributed by atoms with Crippen LogP contribution < -0.4 is 4.74 Å². The van der Waals surface area contributed by atoms with Crippen molar-refractivity contribution >= 4 is 22.9 Å². The Kier molecular flexibility index (Phi) is 7.41. The van der Waals surface area contributed by atoms with Gasteiger partial charge in [0.2, 0.25) is 12.0 Å². The molecule has 3 aromatic rings. The molecule has 14 nitrogen and oxygen atoms in total. The molecule has 202 valence electrons. The summed E-state index contributed by atoms with van der Waals surface area (Å²) >= 11 is 0. The molecule has 2 aromatic carbocycles. The number of aliphatic hydroxyl groups is 3. The maximum atomic E-state index is 11.6. The Morgan fingerprint density at radius 2 is 1.63 bits per heavy atom. The predicted octanol–water partition coefficient (Wildman–Crippen LogP) is 0.408. The van der Waals surface area contributed by atoms with E-state index in [9.17, 15) is 45.3 Å². The van der Waals surface area contributed by atoms with Crippen LogP contribution in [0, 0.1) is 0 Å². The molecule has 8 N–H and O–H groups in total. The molecule has 0 spiro atoms. The van der Waals surface area contributed by atoms with Gasteiger partial charge in [-0.1, -0.05) is 0 Å². The molecule has 0 radical (unpaired) electrons. The number of phenols is 4. The first-order chi connectivity index (χ1) is 17.9. The second kappa shape index (κ2) is 10.5. The third-order valence-corrected chi connectivity index (χ3v) is 5.67. The highest BCUT2D eigenvalue weighted by Gasteiger charge is 2.46. The van der Waals surface area contributed by atoms with Crippen LogP contribution in [0.5, 0.6) is 28.7 Å². The van der Waals surface area contributed by atoms with Crippen molar-refractivity contribution in [3.05, 3.63) is 36.4 Å². The molecule has 1 aliphatic rings. The number of esters is 1. The molecule has 38 heavy (non-hydrogen) atoms. The molecule has 4 rings (SSSR count). The number of rotatable bonds is 7. The maximum absolute atomic E-state index is 11.6. The molecule has 1 fully saturated rings. The molecular formula is C24H23O14+. The lowest BCUT2D eigenvalue weighted by Crippen LogP contribution is -2.60. The minimum Gasteiger partial charge on any atom is -0.507 e. The van der Waals surface area contributed by atoms with Gasteiger partial charge in [0.1, 0.15) is 54.3 Å². The molecule has 0 bridgehead atoms. The topological polar surface area (TPSA) is 235 Å². The number of carboxylic acids is 1. The number of phenolic OH excluding ortho intramolecular Hbond substituents is 4. The number of hydrogen-bond acceptors (Lipinski definition) is 12. The molecule has 3 unspecified atom stereocenters. The number of fused-ring (bicyclic) bond motifs is 1. The van der Waals surface area contributed by atoms with Crippen LogP contribution in [0.15, 0.2) is 40.8 Å². The van der Waals surface area contributed by atoms with E-state index in [1.165, 1.54) is 18.2 Å². The van der Waals surface area contributed by atoms with Crippen LogP contribution in [0.3, 0.4) is 0 Å². The monoisotopic (exact) mass is 535 g/mol. The number of carbonyl (C=O) groups excluding carboxylic acids is 1. The third-order valence-electron chi connectivity index (χ3n) is 5.67. The van der Waals surface area contributed by atoms with Gasteiger partial charge < -0.3 is 55.1 Å².